The van der Waals surface area contributed by atoms with Crippen LogP contribution < -0.4 is 5.32 Å². The van der Waals surface area contributed by atoms with Gasteiger partial charge in [-0.1, -0.05) is 47.6 Å². The van der Waals surface area contributed by atoms with Crippen LogP contribution in [0.4, 0.5) is 0 Å². The van der Waals surface area contributed by atoms with E-state index >= 15 is 0 Å². The van der Waals surface area contributed by atoms with Crippen molar-refractivity contribution in [3.8, 4) is 0 Å². The summed E-state index contributed by atoms with van der Waals surface area (Å²) in [5.41, 5.74) is 2.63. The quantitative estimate of drug-likeness (QED) is 0.829. The Morgan fingerprint density at radius 3 is 2.70 bits per heavy atom. The van der Waals surface area contributed by atoms with Crippen LogP contribution in [0, 0.1) is 6.92 Å². The zero-order chi connectivity index (χ0) is 13.9. The third-order valence-electron chi connectivity index (χ3n) is 3.50. The van der Waals surface area contributed by atoms with E-state index in [9.17, 15) is 0 Å². The van der Waals surface area contributed by atoms with Crippen molar-refractivity contribution in [2.24, 2.45) is 0 Å². The van der Waals surface area contributed by atoms with Gasteiger partial charge in [0, 0.05) is 27.4 Å². The maximum atomic E-state index is 6.16. The van der Waals surface area contributed by atoms with Crippen molar-refractivity contribution in [1.82, 2.24) is 5.32 Å². The Kier molecular flexibility index (Phi) is 4.35. The summed E-state index contributed by atoms with van der Waals surface area (Å²) in [6.45, 7) is 3.07. The molecule has 0 radical (unpaired) electrons. The molecular formula is C17H18ClNS. The first kappa shape index (κ1) is 14.0. The van der Waals surface area contributed by atoms with E-state index in [4.69, 9.17) is 11.6 Å². The van der Waals surface area contributed by atoms with Crippen molar-refractivity contribution in [3.63, 3.8) is 0 Å². The Balaban J connectivity index is 1.82. The van der Waals surface area contributed by atoms with Gasteiger partial charge in [-0.15, -0.1) is 0 Å². The average molecular weight is 304 g/mol. The maximum Gasteiger partial charge on any atom is 0.0417 e. The summed E-state index contributed by atoms with van der Waals surface area (Å²) in [5.74, 6) is 0. The molecule has 3 rings (SSSR count). The molecule has 0 saturated heterocycles. The van der Waals surface area contributed by atoms with E-state index in [1.165, 1.54) is 33.8 Å². The van der Waals surface area contributed by atoms with Crippen LogP contribution in [0.15, 0.2) is 52.3 Å². The molecule has 20 heavy (non-hydrogen) atoms. The van der Waals surface area contributed by atoms with Crippen LogP contribution >= 0.6 is 23.4 Å². The minimum Gasteiger partial charge on any atom is -0.310 e. The molecular weight excluding hydrogens is 286 g/mol. The van der Waals surface area contributed by atoms with Crippen molar-refractivity contribution < 1.29 is 0 Å². The van der Waals surface area contributed by atoms with Crippen molar-refractivity contribution in [1.29, 1.82) is 0 Å². The highest BCUT2D eigenvalue weighted by Crippen LogP contribution is 2.34. The summed E-state index contributed by atoms with van der Waals surface area (Å²) in [7, 11) is 0. The number of benzene rings is 2. The second kappa shape index (κ2) is 6.21. The van der Waals surface area contributed by atoms with E-state index in [1.54, 1.807) is 11.8 Å². The highest BCUT2D eigenvalue weighted by molar-refractivity contribution is 7.99. The first-order chi connectivity index (χ1) is 9.72. The van der Waals surface area contributed by atoms with Gasteiger partial charge in [-0.2, -0.15) is 0 Å². The summed E-state index contributed by atoms with van der Waals surface area (Å²) in [4.78, 5) is 2.54. The maximum absolute atomic E-state index is 6.16. The van der Waals surface area contributed by atoms with Crippen LogP contribution in [0.5, 0.6) is 0 Å². The number of nitrogens with one attached hydrogen (secondary N) is 1. The molecule has 3 heteroatoms. The molecule has 1 N–H and O–H groups in total. The van der Waals surface area contributed by atoms with Crippen molar-refractivity contribution in [2.45, 2.75) is 42.1 Å². The zero-order valence-electron chi connectivity index (χ0n) is 11.5. The van der Waals surface area contributed by atoms with Crippen LogP contribution in [-0.2, 0) is 6.54 Å². The molecule has 0 aliphatic heterocycles. The van der Waals surface area contributed by atoms with Crippen molar-refractivity contribution in [3.05, 3.63) is 58.6 Å². The summed E-state index contributed by atoms with van der Waals surface area (Å²) in [5, 5.41) is 4.38. The predicted octanol–water partition coefficient (Wildman–Crippen LogP) is 5.05. The number of rotatable bonds is 5. The van der Waals surface area contributed by atoms with Gasteiger partial charge < -0.3 is 5.32 Å². The molecule has 1 nitrogen and oxygen atoms in total. The summed E-state index contributed by atoms with van der Waals surface area (Å²) in [6.07, 6.45) is 2.63. The lowest BCUT2D eigenvalue weighted by Crippen LogP contribution is -2.15. The topological polar surface area (TPSA) is 12.0 Å². The first-order valence-electron chi connectivity index (χ1n) is 6.97. The van der Waals surface area contributed by atoms with Gasteiger partial charge in [0.25, 0.3) is 0 Å². The molecule has 0 unspecified atom stereocenters. The van der Waals surface area contributed by atoms with E-state index in [2.05, 4.69) is 48.6 Å². The Morgan fingerprint density at radius 2 is 1.95 bits per heavy atom. The van der Waals surface area contributed by atoms with Crippen LogP contribution in [0.3, 0.4) is 0 Å². The molecule has 104 valence electrons. The minimum absolute atomic E-state index is 0.724. The van der Waals surface area contributed by atoms with Crippen LogP contribution in [0.25, 0.3) is 0 Å². The third-order valence-corrected chi connectivity index (χ3v) is 5.01. The SMILES string of the molecule is Cc1ccccc1Sc1cc(Cl)ccc1CNC1CC1. The van der Waals surface area contributed by atoms with Crippen molar-refractivity contribution >= 4 is 23.4 Å². The standard InChI is InChI=1S/C17H18ClNS/c1-12-4-2-3-5-16(12)20-17-10-14(18)7-6-13(17)11-19-15-8-9-15/h2-7,10,15,19H,8-9,11H2,1H3. The number of halogens is 1. The first-order valence-corrected chi connectivity index (χ1v) is 8.17. The summed E-state index contributed by atoms with van der Waals surface area (Å²) >= 11 is 7.97. The van der Waals surface area contributed by atoms with Gasteiger partial charge in [-0.25, -0.2) is 0 Å². The highest BCUT2D eigenvalue weighted by Gasteiger charge is 2.20. The molecule has 1 aliphatic rings. The van der Waals surface area contributed by atoms with E-state index in [-0.39, 0.29) is 0 Å². The lowest BCUT2D eigenvalue weighted by Gasteiger charge is -2.12. The van der Waals surface area contributed by atoms with Crippen LogP contribution in [0.1, 0.15) is 24.0 Å². The highest BCUT2D eigenvalue weighted by atomic mass is 35.5. The fourth-order valence-electron chi connectivity index (χ4n) is 2.10. The lowest BCUT2D eigenvalue weighted by atomic mass is 10.2. The van der Waals surface area contributed by atoms with Gasteiger partial charge in [0.15, 0.2) is 0 Å². The summed E-state index contributed by atoms with van der Waals surface area (Å²) in [6, 6.07) is 15.4. The average Bonchev–Trinajstić information content (AvgIpc) is 3.25. The monoisotopic (exact) mass is 303 g/mol. The smallest absolute Gasteiger partial charge is 0.0417 e. The predicted molar refractivity (Wildman–Crippen MR) is 86.6 cm³/mol. The Morgan fingerprint density at radius 1 is 1.15 bits per heavy atom. The van der Waals surface area contributed by atoms with Gasteiger partial charge in [0.2, 0.25) is 0 Å². The second-order valence-corrected chi connectivity index (χ2v) is 6.79. The fourth-order valence-corrected chi connectivity index (χ4v) is 3.41. The molecule has 1 fully saturated rings. The van der Waals surface area contributed by atoms with Gasteiger partial charge in [-0.3, -0.25) is 0 Å². The molecule has 0 spiro atoms. The van der Waals surface area contributed by atoms with Crippen LogP contribution in [0.2, 0.25) is 5.02 Å². The number of hydrogen-bond acceptors (Lipinski definition) is 2. The molecule has 0 aromatic heterocycles. The Labute approximate surface area is 129 Å². The number of aryl methyl sites for hydroxylation is 1. The van der Waals surface area contributed by atoms with E-state index < -0.39 is 0 Å². The molecule has 0 bridgehead atoms. The third kappa shape index (κ3) is 3.57. The molecule has 2 aromatic rings. The van der Waals surface area contributed by atoms with Crippen molar-refractivity contribution in [2.75, 3.05) is 0 Å². The fraction of sp³-hybridized carbons (Fsp3) is 0.294. The minimum atomic E-state index is 0.724. The normalized spacial score (nSPS) is 14.5. The molecule has 1 saturated carbocycles. The van der Waals surface area contributed by atoms with Gasteiger partial charge in [0.05, 0.1) is 0 Å². The largest absolute Gasteiger partial charge is 0.310 e. The molecule has 0 atom stereocenters. The van der Waals surface area contributed by atoms with E-state index in [0.717, 1.165) is 17.6 Å². The van der Waals surface area contributed by atoms with E-state index in [0.29, 0.717) is 0 Å². The molecule has 0 heterocycles. The number of hydrogen-bond donors (Lipinski definition) is 1. The van der Waals surface area contributed by atoms with E-state index in [1.807, 2.05) is 6.07 Å². The Hall–Kier alpha value is -0.960. The Bertz CT molecular complexity index is 608. The molecule has 2 aromatic carbocycles. The van der Waals surface area contributed by atoms with Gasteiger partial charge >= 0.3 is 0 Å². The molecule has 1 aliphatic carbocycles. The summed E-state index contributed by atoms with van der Waals surface area (Å²) < 4.78 is 0. The van der Waals surface area contributed by atoms with Gasteiger partial charge in [-0.05, 0) is 49.1 Å². The second-order valence-electron chi connectivity index (χ2n) is 5.27. The molecule has 0 amide bonds. The lowest BCUT2D eigenvalue weighted by molar-refractivity contribution is 0.680. The van der Waals surface area contributed by atoms with Gasteiger partial charge in [0.1, 0.15) is 0 Å². The van der Waals surface area contributed by atoms with Crippen LogP contribution in [-0.4, -0.2) is 6.04 Å². The zero-order valence-corrected chi connectivity index (χ0v) is 13.1.